The Bertz CT molecular complexity index is 1110. The highest BCUT2D eigenvalue weighted by Crippen LogP contribution is 2.26. The number of hydrogen-bond acceptors (Lipinski definition) is 6. The summed E-state index contributed by atoms with van der Waals surface area (Å²) < 4.78 is 2.07. The van der Waals surface area contributed by atoms with E-state index in [2.05, 4.69) is 42.8 Å². The Morgan fingerprint density at radius 2 is 1.71 bits per heavy atom. The van der Waals surface area contributed by atoms with Crippen LogP contribution in [0.15, 0.2) is 47.6 Å². The predicted molar refractivity (Wildman–Crippen MR) is 143 cm³/mol. The molecule has 0 atom stereocenters. The van der Waals surface area contributed by atoms with Gasteiger partial charge in [0.25, 0.3) is 5.91 Å². The van der Waals surface area contributed by atoms with E-state index in [1.807, 2.05) is 23.1 Å². The number of carbonyl (C=O) groups excluding carboxylic acids is 1. The fourth-order valence-corrected chi connectivity index (χ4v) is 3.89. The van der Waals surface area contributed by atoms with E-state index < -0.39 is 0 Å². The molecule has 0 aliphatic carbocycles. The number of fused-ring (bicyclic) bond motifs is 1. The number of aryl methyl sites for hydroxylation is 1. The minimum absolute atomic E-state index is 0.0613. The fourth-order valence-electron chi connectivity index (χ4n) is 3.89. The van der Waals surface area contributed by atoms with Crippen molar-refractivity contribution < 1.29 is 4.79 Å². The normalized spacial score (nSPS) is 11.4. The molecule has 1 amide bonds. The summed E-state index contributed by atoms with van der Waals surface area (Å²) >= 11 is 0. The highest BCUT2D eigenvalue weighted by atomic mass is 16.3. The summed E-state index contributed by atoms with van der Waals surface area (Å²) in [6, 6.07) is 12.6. The maximum atomic E-state index is 13.5. The van der Waals surface area contributed by atoms with Crippen molar-refractivity contribution in [1.82, 2.24) is 14.5 Å². The molecule has 0 fully saturated rings. The van der Waals surface area contributed by atoms with Gasteiger partial charge in [0.05, 0.1) is 11.0 Å². The van der Waals surface area contributed by atoms with Crippen LogP contribution in [0.3, 0.4) is 0 Å². The van der Waals surface area contributed by atoms with Crippen LogP contribution in [0.5, 0.6) is 0 Å². The molecular weight excluding hydrogens is 440 g/mol. The zero-order valence-electron chi connectivity index (χ0n) is 21.3. The smallest absolute Gasteiger partial charge is 0.253 e. The van der Waals surface area contributed by atoms with Gasteiger partial charge in [-0.2, -0.15) is 0 Å². The van der Waals surface area contributed by atoms with Gasteiger partial charge < -0.3 is 20.5 Å². The van der Waals surface area contributed by atoms with E-state index >= 15 is 0 Å². The first kappa shape index (κ1) is 26.3. The highest BCUT2D eigenvalue weighted by Gasteiger charge is 2.19. The van der Waals surface area contributed by atoms with Crippen LogP contribution >= 0.6 is 0 Å². The average Bonchev–Trinajstić information content (AvgIpc) is 3.18. The molecule has 3 aromatic rings. The predicted octanol–water partition coefficient (Wildman–Crippen LogP) is 6.06. The number of benzene rings is 2. The molecule has 35 heavy (non-hydrogen) atoms. The third kappa shape index (κ3) is 7.11. The van der Waals surface area contributed by atoms with Crippen molar-refractivity contribution in [2.45, 2.75) is 53.5 Å². The molecule has 0 radical (unpaired) electrons. The number of nitrogens with zero attached hydrogens (tertiary/aromatic N) is 4. The maximum Gasteiger partial charge on any atom is 0.253 e. The quantitative estimate of drug-likeness (QED) is 0.290. The standard InChI is InChI=1S/C27H38N6O2/c1-19(2)12-16-32(17-13-20(3)4)26(34)21-6-11-24-25(18-21)33(15-5-14-28)27(30-24)29-22-7-9-23(31-35)10-8-22/h6-11,18-20H,5,12-17,28H2,1-4H3,(H,29,30). The van der Waals surface area contributed by atoms with Crippen molar-refractivity contribution in [2.24, 2.45) is 22.7 Å². The third-order valence-corrected chi connectivity index (χ3v) is 6.05. The van der Waals surface area contributed by atoms with Crippen molar-refractivity contribution in [3.05, 3.63) is 52.9 Å². The highest BCUT2D eigenvalue weighted by molar-refractivity contribution is 5.98. The minimum atomic E-state index is 0.0613. The minimum Gasteiger partial charge on any atom is -0.339 e. The molecular formula is C27H38N6O2. The van der Waals surface area contributed by atoms with Crippen LogP contribution in [0, 0.1) is 16.7 Å². The van der Waals surface area contributed by atoms with Crippen molar-refractivity contribution in [1.29, 1.82) is 0 Å². The summed E-state index contributed by atoms with van der Waals surface area (Å²) in [4.78, 5) is 31.0. The molecule has 8 nitrogen and oxygen atoms in total. The van der Waals surface area contributed by atoms with Crippen LogP contribution in [0.25, 0.3) is 11.0 Å². The first-order valence-electron chi connectivity index (χ1n) is 12.5. The summed E-state index contributed by atoms with van der Waals surface area (Å²) in [6.07, 6.45) is 2.74. The number of aromatic nitrogens is 2. The molecule has 0 bridgehead atoms. The monoisotopic (exact) mass is 478 g/mol. The lowest BCUT2D eigenvalue weighted by Gasteiger charge is -2.24. The number of amides is 1. The Morgan fingerprint density at radius 3 is 2.29 bits per heavy atom. The molecule has 1 aromatic heterocycles. The molecule has 0 unspecified atom stereocenters. The number of nitrogens with two attached hydrogens (primary N) is 1. The van der Waals surface area contributed by atoms with Crippen molar-refractivity contribution in [3.63, 3.8) is 0 Å². The zero-order valence-corrected chi connectivity index (χ0v) is 21.3. The topological polar surface area (TPSA) is 106 Å². The molecule has 8 heteroatoms. The van der Waals surface area contributed by atoms with Gasteiger partial charge in [0.2, 0.25) is 5.95 Å². The number of imidazole rings is 1. The van der Waals surface area contributed by atoms with Crippen LogP contribution in [0.1, 0.15) is 57.3 Å². The third-order valence-electron chi connectivity index (χ3n) is 6.05. The molecule has 2 aromatic carbocycles. The number of rotatable bonds is 13. The van der Waals surface area contributed by atoms with E-state index in [0.717, 1.165) is 49.1 Å². The molecule has 188 valence electrons. The molecule has 3 N–H and O–H groups in total. The SMILES string of the molecule is CC(C)CCN(CCC(C)C)C(=O)c1ccc2nc(Nc3ccc(N=O)cc3)n(CCCN)c2c1. The Kier molecular flexibility index (Phi) is 9.37. The van der Waals surface area contributed by atoms with Crippen LogP contribution < -0.4 is 11.1 Å². The second-order valence-electron chi connectivity index (χ2n) is 9.85. The van der Waals surface area contributed by atoms with Crippen molar-refractivity contribution >= 4 is 34.3 Å². The van der Waals surface area contributed by atoms with Crippen LogP contribution in [-0.2, 0) is 6.54 Å². The molecule has 1 heterocycles. The van der Waals surface area contributed by atoms with Crippen molar-refractivity contribution in [3.8, 4) is 0 Å². The molecule has 0 aliphatic heterocycles. The van der Waals surface area contributed by atoms with E-state index in [4.69, 9.17) is 10.7 Å². The maximum absolute atomic E-state index is 13.5. The summed E-state index contributed by atoms with van der Waals surface area (Å²) in [7, 11) is 0. The Morgan fingerprint density at radius 1 is 1.06 bits per heavy atom. The number of carbonyl (C=O) groups is 1. The van der Waals surface area contributed by atoms with Gasteiger partial charge in [0.15, 0.2) is 0 Å². The van der Waals surface area contributed by atoms with Gasteiger partial charge >= 0.3 is 0 Å². The Labute approximate surface area is 207 Å². The van der Waals surface area contributed by atoms with Gasteiger partial charge in [-0.15, -0.1) is 4.91 Å². The van der Waals surface area contributed by atoms with E-state index in [0.29, 0.717) is 42.1 Å². The fraction of sp³-hybridized carbons (Fsp3) is 0.481. The first-order valence-corrected chi connectivity index (χ1v) is 12.5. The van der Waals surface area contributed by atoms with Gasteiger partial charge in [0, 0.05) is 30.9 Å². The lowest BCUT2D eigenvalue weighted by atomic mass is 10.1. The van der Waals surface area contributed by atoms with E-state index in [-0.39, 0.29) is 5.91 Å². The van der Waals surface area contributed by atoms with Gasteiger partial charge in [-0.1, -0.05) is 27.7 Å². The summed E-state index contributed by atoms with van der Waals surface area (Å²) in [5.74, 6) is 1.80. The molecule has 0 saturated carbocycles. The first-order chi connectivity index (χ1) is 16.8. The summed E-state index contributed by atoms with van der Waals surface area (Å²) in [5, 5.41) is 6.28. The van der Waals surface area contributed by atoms with Crippen LogP contribution in [-0.4, -0.2) is 40.0 Å². The number of anilines is 2. The molecule has 3 rings (SSSR count). The second-order valence-corrected chi connectivity index (χ2v) is 9.85. The number of hydrogen-bond donors (Lipinski definition) is 2. The molecule has 0 aliphatic rings. The van der Waals surface area contributed by atoms with Gasteiger partial charge in [-0.05, 0) is 85.3 Å². The van der Waals surface area contributed by atoms with E-state index in [9.17, 15) is 9.70 Å². The van der Waals surface area contributed by atoms with Gasteiger partial charge in [0.1, 0.15) is 5.69 Å². The van der Waals surface area contributed by atoms with E-state index in [1.165, 1.54) is 0 Å². The average molecular weight is 479 g/mol. The molecule has 0 saturated heterocycles. The van der Waals surface area contributed by atoms with E-state index in [1.54, 1.807) is 24.3 Å². The molecule has 0 spiro atoms. The summed E-state index contributed by atoms with van der Waals surface area (Å²) in [6.45, 7) is 11.5. The van der Waals surface area contributed by atoms with Gasteiger partial charge in [-0.3, -0.25) is 4.79 Å². The van der Waals surface area contributed by atoms with Crippen LogP contribution in [0.4, 0.5) is 17.3 Å². The van der Waals surface area contributed by atoms with Crippen LogP contribution in [0.2, 0.25) is 0 Å². The largest absolute Gasteiger partial charge is 0.339 e. The van der Waals surface area contributed by atoms with Gasteiger partial charge in [-0.25, -0.2) is 4.98 Å². The lowest BCUT2D eigenvalue weighted by molar-refractivity contribution is 0.0741. The number of nitrogens with one attached hydrogen (secondary N) is 1. The van der Waals surface area contributed by atoms with Crippen molar-refractivity contribution in [2.75, 3.05) is 25.0 Å². The lowest BCUT2D eigenvalue weighted by Crippen LogP contribution is -2.34. The number of nitroso groups, excluding NO2 is 1. The Hall–Kier alpha value is -3.26. The second kappa shape index (κ2) is 12.4. The Balaban J connectivity index is 1.93. The summed E-state index contributed by atoms with van der Waals surface area (Å²) in [5.41, 5.74) is 9.35. The zero-order chi connectivity index (χ0) is 25.4.